The first-order valence-corrected chi connectivity index (χ1v) is 5.48. The number of nitrogens with one attached hydrogen (secondary N) is 1. The van der Waals surface area contributed by atoms with Crippen molar-refractivity contribution in [1.29, 1.82) is 0 Å². The van der Waals surface area contributed by atoms with Gasteiger partial charge in [-0.05, 0) is 13.3 Å². The average Bonchev–Trinajstić information content (AvgIpc) is 2.48. The number of anilines is 1. The van der Waals surface area contributed by atoms with Crippen molar-refractivity contribution in [3.8, 4) is 0 Å². The van der Waals surface area contributed by atoms with E-state index in [1.165, 1.54) is 6.42 Å². The van der Waals surface area contributed by atoms with Crippen LogP contribution in [0.1, 0.15) is 31.0 Å². The number of hydrogen-bond donors (Lipinski definition) is 1. The van der Waals surface area contributed by atoms with Crippen molar-refractivity contribution < 1.29 is 4.74 Å². The predicted octanol–water partition coefficient (Wildman–Crippen LogP) is 2.09. The van der Waals surface area contributed by atoms with Crippen molar-refractivity contribution in [2.24, 2.45) is 7.05 Å². The molecule has 1 aromatic heterocycles. The van der Waals surface area contributed by atoms with Crippen molar-refractivity contribution in [1.82, 2.24) is 9.78 Å². The molecule has 0 saturated carbocycles. The molecule has 0 radical (unpaired) electrons. The summed E-state index contributed by atoms with van der Waals surface area (Å²) in [6.45, 7) is 5.65. The van der Waals surface area contributed by atoms with Gasteiger partial charge in [-0.15, -0.1) is 0 Å². The quantitative estimate of drug-likeness (QED) is 0.732. The van der Waals surface area contributed by atoms with E-state index in [0.717, 1.165) is 30.1 Å². The molecule has 1 heterocycles. The van der Waals surface area contributed by atoms with Crippen molar-refractivity contribution >= 4 is 5.82 Å². The van der Waals surface area contributed by atoms with E-state index in [0.29, 0.717) is 6.61 Å². The van der Waals surface area contributed by atoms with Crippen LogP contribution in [0.3, 0.4) is 0 Å². The first-order valence-electron chi connectivity index (χ1n) is 5.48. The lowest BCUT2D eigenvalue weighted by atomic mass is 10.2. The normalized spacial score (nSPS) is 10.7. The molecule has 1 aromatic rings. The Labute approximate surface area is 91.6 Å². The Morgan fingerprint density at radius 1 is 1.47 bits per heavy atom. The van der Waals surface area contributed by atoms with E-state index in [-0.39, 0.29) is 0 Å². The molecular weight excluding hydrogens is 190 g/mol. The second-order valence-corrected chi connectivity index (χ2v) is 3.69. The summed E-state index contributed by atoms with van der Waals surface area (Å²) in [7, 11) is 3.85. The highest BCUT2D eigenvalue weighted by atomic mass is 16.5. The third-order valence-corrected chi connectivity index (χ3v) is 2.47. The van der Waals surface area contributed by atoms with Gasteiger partial charge in [0.25, 0.3) is 0 Å². The lowest BCUT2D eigenvalue weighted by molar-refractivity contribution is 0.118. The van der Waals surface area contributed by atoms with Gasteiger partial charge in [0.2, 0.25) is 0 Å². The smallest absolute Gasteiger partial charge is 0.129 e. The van der Waals surface area contributed by atoms with Gasteiger partial charge in [-0.1, -0.05) is 13.3 Å². The molecule has 0 saturated heterocycles. The summed E-state index contributed by atoms with van der Waals surface area (Å²) >= 11 is 0. The Hall–Kier alpha value is -1.03. The van der Waals surface area contributed by atoms with Crippen LogP contribution in [0.25, 0.3) is 0 Å². The first kappa shape index (κ1) is 12.0. The largest absolute Gasteiger partial charge is 0.377 e. The molecule has 0 unspecified atom stereocenters. The lowest BCUT2D eigenvalue weighted by Crippen LogP contribution is -2.02. The number of unbranched alkanes of at least 4 members (excludes halogenated alkanes) is 1. The Kier molecular flexibility index (Phi) is 4.62. The molecule has 0 aliphatic rings. The second kappa shape index (κ2) is 5.75. The van der Waals surface area contributed by atoms with E-state index >= 15 is 0 Å². The molecule has 1 rings (SSSR count). The highest BCUT2D eigenvalue weighted by Gasteiger charge is 2.11. The van der Waals surface area contributed by atoms with Gasteiger partial charge in [0.1, 0.15) is 5.82 Å². The molecule has 1 N–H and O–H groups in total. The van der Waals surface area contributed by atoms with Gasteiger partial charge in [-0.25, -0.2) is 0 Å². The maximum absolute atomic E-state index is 5.60. The summed E-state index contributed by atoms with van der Waals surface area (Å²) in [6, 6.07) is 0. The summed E-state index contributed by atoms with van der Waals surface area (Å²) in [6.07, 6.45) is 2.29. The molecule has 4 nitrogen and oxygen atoms in total. The molecule has 0 fully saturated rings. The van der Waals surface area contributed by atoms with Crippen molar-refractivity contribution in [3.63, 3.8) is 0 Å². The minimum Gasteiger partial charge on any atom is -0.377 e. The second-order valence-electron chi connectivity index (χ2n) is 3.69. The fourth-order valence-electron chi connectivity index (χ4n) is 1.61. The van der Waals surface area contributed by atoms with Gasteiger partial charge in [0.05, 0.1) is 12.3 Å². The average molecular weight is 211 g/mol. The Morgan fingerprint density at radius 2 is 2.20 bits per heavy atom. The molecule has 4 heteroatoms. The summed E-state index contributed by atoms with van der Waals surface area (Å²) in [5, 5.41) is 7.50. The third-order valence-electron chi connectivity index (χ3n) is 2.47. The number of ether oxygens (including phenoxy) is 1. The Morgan fingerprint density at radius 3 is 2.80 bits per heavy atom. The van der Waals surface area contributed by atoms with Crippen molar-refractivity contribution in [2.45, 2.75) is 33.3 Å². The topological polar surface area (TPSA) is 39.1 Å². The molecule has 86 valence electrons. The molecule has 0 amide bonds. The van der Waals surface area contributed by atoms with E-state index in [1.807, 2.05) is 25.7 Å². The van der Waals surface area contributed by atoms with Crippen LogP contribution < -0.4 is 5.32 Å². The Bertz CT molecular complexity index is 307. The summed E-state index contributed by atoms with van der Waals surface area (Å²) < 4.78 is 7.46. The predicted molar refractivity (Wildman–Crippen MR) is 62.1 cm³/mol. The van der Waals surface area contributed by atoms with Gasteiger partial charge in [0.15, 0.2) is 0 Å². The van der Waals surface area contributed by atoms with Crippen LogP contribution in [0.5, 0.6) is 0 Å². The van der Waals surface area contributed by atoms with Crippen LogP contribution in [0.4, 0.5) is 5.82 Å². The van der Waals surface area contributed by atoms with Crippen LogP contribution in [-0.4, -0.2) is 23.4 Å². The summed E-state index contributed by atoms with van der Waals surface area (Å²) in [5.41, 5.74) is 2.20. The zero-order chi connectivity index (χ0) is 11.3. The van der Waals surface area contributed by atoms with Gasteiger partial charge in [-0.3, -0.25) is 4.68 Å². The number of aromatic nitrogens is 2. The van der Waals surface area contributed by atoms with Crippen LogP contribution >= 0.6 is 0 Å². The summed E-state index contributed by atoms with van der Waals surface area (Å²) in [4.78, 5) is 0. The van der Waals surface area contributed by atoms with E-state index in [2.05, 4.69) is 17.3 Å². The first-order chi connectivity index (χ1) is 7.20. The summed E-state index contributed by atoms with van der Waals surface area (Å²) in [5.74, 6) is 1.05. The standard InChI is InChI=1S/C11H21N3O/c1-5-6-7-15-8-10-9(2)13-14(4)11(10)12-3/h12H,5-8H2,1-4H3. The maximum Gasteiger partial charge on any atom is 0.129 e. The molecule has 0 spiro atoms. The molecule has 0 aliphatic carbocycles. The number of rotatable bonds is 6. The zero-order valence-corrected chi connectivity index (χ0v) is 10.1. The molecule has 0 atom stereocenters. The fraction of sp³-hybridized carbons (Fsp3) is 0.727. The minimum absolute atomic E-state index is 0.649. The van der Waals surface area contributed by atoms with Crippen molar-refractivity contribution in [3.05, 3.63) is 11.3 Å². The van der Waals surface area contributed by atoms with Gasteiger partial charge in [0, 0.05) is 26.3 Å². The zero-order valence-electron chi connectivity index (χ0n) is 10.1. The maximum atomic E-state index is 5.60. The molecule has 0 bridgehead atoms. The van der Waals surface area contributed by atoms with Crippen molar-refractivity contribution in [2.75, 3.05) is 19.0 Å². The van der Waals surface area contributed by atoms with Crippen LogP contribution in [-0.2, 0) is 18.4 Å². The highest BCUT2D eigenvalue weighted by molar-refractivity contribution is 5.46. The fourth-order valence-corrected chi connectivity index (χ4v) is 1.61. The van der Waals surface area contributed by atoms with E-state index in [1.54, 1.807) is 0 Å². The number of aryl methyl sites for hydroxylation is 2. The van der Waals surface area contributed by atoms with Crippen LogP contribution in [0, 0.1) is 6.92 Å². The Balaban J connectivity index is 2.59. The number of nitrogens with zero attached hydrogens (tertiary/aromatic N) is 2. The molecular formula is C11H21N3O. The van der Waals surface area contributed by atoms with E-state index in [9.17, 15) is 0 Å². The highest BCUT2D eigenvalue weighted by Crippen LogP contribution is 2.18. The third kappa shape index (κ3) is 2.96. The van der Waals surface area contributed by atoms with E-state index < -0.39 is 0 Å². The lowest BCUT2D eigenvalue weighted by Gasteiger charge is -2.06. The van der Waals surface area contributed by atoms with Gasteiger partial charge in [-0.2, -0.15) is 5.10 Å². The molecule has 0 aromatic carbocycles. The minimum atomic E-state index is 0.649. The van der Waals surface area contributed by atoms with Crippen LogP contribution in [0.15, 0.2) is 0 Å². The molecule has 0 aliphatic heterocycles. The van der Waals surface area contributed by atoms with Crippen LogP contribution in [0.2, 0.25) is 0 Å². The van der Waals surface area contributed by atoms with Gasteiger partial charge >= 0.3 is 0 Å². The SMILES string of the molecule is CCCCOCc1c(C)nn(C)c1NC. The van der Waals surface area contributed by atoms with E-state index in [4.69, 9.17) is 4.74 Å². The molecule has 15 heavy (non-hydrogen) atoms. The monoisotopic (exact) mass is 211 g/mol. The van der Waals surface area contributed by atoms with Gasteiger partial charge < -0.3 is 10.1 Å². The number of hydrogen-bond acceptors (Lipinski definition) is 3.